The first-order valence-electron chi connectivity index (χ1n) is 5.84. The topological polar surface area (TPSA) is 182 Å². The molecule has 0 heterocycles. The molecule has 0 aliphatic carbocycles. The van der Waals surface area contributed by atoms with Gasteiger partial charge in [0, 0.05) is 0 Å². The zero-order valence-corrected chi connectivity index (χ0v) is 12.6. The predicted octanol–water partition coefficient (Wildman–Crippen LogP) is -1.54. The lowest BCUT2D eigenvalue weighted by molar-refractivity contribution is -0.120. The summed E-state index contributed by atoms with van der Waals surface area (Å²) in [6, 6.07) is -0.843. The zero-order valence-electron chi connectivity index (χ0n) is 10.8. The summed E-state index contributed by atoms with van der Waals surface area (Å²) in [7, 11) is -8.31. The minimum absolute atomic E-state index is 0.285. The van der Waals surface area contributed by atoms with Gasteiger partial charge < -0.3 is 30.6 Å². The number of primary amides is 1. The van der Waals surface area contributed by atoms with Gasteiger partial charge in [0.05, 0.1) is 18.6 Å². The van der Waals surface area contributed by atoms with Crippen LogP contribution in [0.5, 0.6) is 0 Å². The van der Waals surface area contributed by atoms with Crippen LogP contribution in [0.4, 0.5) is 0 Å². The van der Waals surface area contributed by atoms with Crippen LogP contribution in [-0.4, -0.2) is 50.6 Å². The lowest BCUT2D eigenvalue weighted by Crippen LogP contribution is -2.41. The maximum atomic E-state index is 11.1. The van der Waals surface area contributed by atoms with Crippen molar-refractivity contribution in [3.05, 3.63) is 0 Å². The molecule has 10 nitrogen and oxygen atoms in total. The van der Waals surface area contributed by atoms with E-state index in [0.29, 0.717) is 19.4 Å². The minimum Gasteiger partial charge on any atom is -0.368 e. The second kappa shape index (κ2) is 8.86. The molecule has 0 aliphatic rings. The molecule has 20 heavy (non-hydrogen) atoms. The third kappa shape index (κ3) is 12.7. The van der Waals surface area contributed by atoms with Crippen molar-refractivity contribution in [2.24, 2.45) is 5.73 Å². The highest BCUT2D eigenvalue weighted by atomic mass is 31.2. The van der Waals surface area contributed by atoms with Crippen LogP contribution in [0.2, 0.25) is 0 Å². The van der Waals surface area contributed by atoms with Crippen LogP contribution >= 0.6 is 15.2 Å². The molecular weight excluding hydrogens is 312 g/mol. The molecule has 0 spiro atoms. The predicted molar refractivity (Wildman–Crippen MR) is 71.8 cm³/mol. The molecule has 0 radical (unpaired) electrons. The molecule has 120 valence electrons. The Balaban J connectivity index is 3.85. The number of hydrogen-bond donors (Lipinski definition) is 7. The average molecular weight is 333 g/mol. The summed E-state index contributed by atoms with van der Waals surface area (Å²) in [5, 5.41) is 4.95. The number of amides is 1. The van der Waals surface area contributed by atoms with Gasteiger partial charge in [-0.25, -0.2) is 0 Å². The third-order valence-corrected chi connectivity index (χ3v) is 3.53. The second-order valence-electron chi connectivity index (χ2n) is 4.30. The van der Waals surface area contributed by atoms with Gasteiger partial charge in [0.1, 0.15) is 0 Å². The van der Waals surface area contributed by atoms with E-state index < -0.39 is 39.7 Å². The number of unbranched alkanes of at least 4 members (excludes halogenated alkanes) is 1. The van der Waals surface area contributed by atoms with Crippen molar-refractivity contribution in [3.8, 4) is 0 Å². The van der Waals surface area contributed by atoms with Crippen molar-refractivity contribution in [2.75, 3.05) is 19.1 Å². The van der Waals surface area contributed by atoms with Crippen LogP contribution in [0.25, 0.3) is 0 Å². The fraction of sp³-hybridized carbons (Fsp3) is 0.875. The van der Waals surface area contributed by atoms with E-state index in [1.165, 1.54) is 0 Å². The smallest absolute Gasteiger partial charge is 0.339 e. The summed E-state index contributed by atoms with van der Waals surface area (Å²) < 4.78 is 21.2. The van der Waals surface area contributed by atoms with E-state index in [-0.39, 0.29) is 6.42 Å². The lowest BCUT2D eigenvalue weighted by atomic mass is 10.1. The van der Waals surface area contributed by atoms with Crippen molar-refractivity contribution >= 4 is 21.1 Å². The molecule has 0 aromatic rings. The lowest BCUT2D eigenvalue weighted by Gasteiger charge is -2.15. The van der Waals surface area contributed by atoms with Gasteiger partial charge in [-0.05, 0) is 19.4 Å². The third-order valence-electron chi connectivity index (χ3n) is 2.30. The molecule has 0 rings (SSSR count). The summed E-state index contributed by atoms with van der Waals surface area (Å²) in [5.74, 6) is -0.707. The van der Waals surface area contributed by atoms with Gasteiger partial charge in [0.2, 0.25) is 5.91 Å². The van der Waals surface area contributed by atoms with Gasteiger partial charge in [-0.15, -0.1) is 0 Å². The SMILES string of the molecule is NC(=O)[C@H](CCCCNCP(=O)(O)O)NCP(=O)(O)O. The molecular formula is C8H21N3O7P2. The Morgan fingerprint density at radius 1 is 1.05 bits per heavy atom. The highest BCUT2D eigenvalue weighted by Gasteiger charge is 2.20. The maximum Gasteiger partial charge on any atom is 0.339 e. The van der Waals surface area contributed by atoms with Gasteiger partial charge in [-0.3, -0.25) is 19.2 Å². The fourth-order valence-corrected chi connectivity index (χ4v) is 2.30. The Hall–Kier alpha value is -0.310. The molecule has 1 atom stereocenters. The number of carbonyl (C=O) groups is 1. The second-order valence-corrected chi connectivity index (χ2v) is 7.59. The zero-order chi connectivity index (χ0) is 15.8. The molecule has 0 saturated carbocycles. The first kappa shape index (κ1) is 19.7. The molecule has 12 heteroatoms. The van der Waals surface area contributed by atoms with Crippen LogP contribution < -0.4 is 16.4 Å². The van der Waals surface area contributed by atoms with Crippen molar-refractivity contribution in [1.82, 2.24) is 10.6 Å². The Labute approximate surface area is 116 Å². The standard InChI is InChI=1S/C8H21N3O7P2/c9-8(12)7(11-6-20(16,17)18)3-1-2-4-10-5-19(13,14)15/h7,10-11H,1-6H2,(H2,9,12)(H2,13,14,15)(H2,16,17,18)/t7-/m0/s1. The van der Waals surface area contributed by atoms with Gasteiger partial charge in [0.15, 0.2) is 0 Å². The summed E-state index contributed by atoms with van der Waals surface area (Å²) >= 11 is 0. The first-order chi connectivity index (χ1) is 9.01. The molecule has 0 fully saturated rings. The van der Waals surface area contributed by atoms with Crippen molar-refractivity contribution in [2.45, 2.75) is 25.3 Å². The van der Waals surface area contributed by atoms with Crippen LogP contribution in [0.1, 0.15) is 19.3 Å². The molecule has 8 N–H and O–H groups in total. The Kier molecular flexibility index (Phi) is 8.72. The van der Waals surface area contributed by atoms with Crippen molar-refractivity contribution in [3.63, 3.8) is 0 Å². The quantitative estimate of drug-likeness (QED) is 0.174. The van der Waals surface area contributed by atoms with Crippen LogP contribution in [0, 0.1) is 0 Å². The largest absolute Gasteiger partial charge is 0.368 e. The van der Waals surface area contributed by atoms with E-state index in [0.717, 1.165) is 0 Å². The van der Waals surface area contributed by atoms with E-state index >= 15 is 0 Å². The maximum absolute atomic E-state index is 11.1. The van der Waals surface area contributed by atoms with E-state index in [9.17, 15) is 13.9 Å². The average Bonchev–Trinajstić information content (AvgIpc) is 2.23. The molecule has 0 aromatic carbocycles. The molecule has 0 aromatic heterocycles. The molecule has 0 aliphatic heterocycles. The Bertz CT molecular complexity index is 394. The van der Waals surface area contributed by atoms with Crippen LogP contribution in [0.3, 0.4) is 0 Å². The van der Waals surface area contributed by atoms with Crippen molar-refractivity contribution in [1.29, 1.82) is 0 Å². The van der Waals surface area contributed by atoms with E-state index in [4.69, 9.17) is 25.3 Å². The summed E-state index contributed by atoms with van der Waals surface area (Å²) in [6.45, 7) is 0.356. The van der Waals surface area contributed by atoms with Crippen LogP contribution in [-0.2, 0) is 13.9 Å². The van der Waals surface area contributed by atoms with Crippen LogP contribution in [0.15, 0.2) is 0 Å². The fourth-order valence-electron chi connectivity index (χ4n) is 1.40. The molecule has 0 unspecified atom stereocenters. The number of carbonyl (C=O) groups excluding carboxylic acids is 1. The van der Waals surface area contributed by atoms with Gasteiger partial charge in [-0.1, -0.05) is 6.42 Å². The van der Waals surface area contributed by atoms with Crippen molar-refractivity contribution < 1.29 is 33.5 Å². The normalized spacial score (nSPS) is 14.2. The summed E-state index contributed by atoms with van der Waals surface area (Å²) in [4.78, 5) is 45.6. The van der Waals surface area contributed by atoms with E-state index in [1.807, 2.05) is 0 Å². The Morgan fingerprint density at radius 2 is 1.60 bits per heavy atom. The van der Waals surface area contributed by atoms with E-state index in [2.05, 4.69) is 10.6 Å². The molecule has 0 saturated heterocycles. The van der Waals surface area contributed by atoms with E-state index in [1.54, 1.807) is 0 Å². The number of rotatable bonds is 11. The number of nitrogens with one attached hydrogen (secondary N) is 2. The number of nitrogens with two attached hydrogens (primary N) is 1. The highest BCUT2D eigenvalue weighted by molar-refractivity contribution is 7.51. The summed E-state index contributed by atoms with van der Waals surface area (Å²) in [5.41, 5.74) is 5.09. The Morgan fingerprint density at radius 3 is 2.05 bits per heavy atom. The minimum atomic E-state index is -4.25. The molecule has 0 bridgehead atoms. The first-order valence-corrected chi connectivity index (χ1v) is 9.43. The summed E-state index contributed by atoms with van der Waals surface area (Å²) in [6.07, 6.45) is 0.296. The van der Waals surface area contributed by atoms with Gasteiger partial charge in [0.25, 0.3) is 0 Å². The monoisotopic (exact) mass is 333 g/mol. The van der Waals surface area contributed by atoms with Gasteiger partial charge in [-0.2, -0.15) is 0 Å². The number of hydrogen-bond acceptors (Lipinski definition) is 5. The van der Waals surface area contributed by atoms with Gasteiger partial charge >= 0.3 is 15.2 Å². The highest BCUT2D eigenvalue weighted by Crippen LogP contribution is 2.32. The molecule has 1 amide bonds.